The van der Waals surface area contributed by atoms with E-state index in [4.69, 9.17) is 4.74 Å². The van der Waals surface area contributed by atoms with Crippen LogP contribution in [0.15, 0.2) is 53.4 Å². The summed E-state index contributed by atoms with van der Waals surface area (Å²) in [5.41, 5.74) is 3.44. The molecule has 0 unspecified atom stereocenters. The number of ether oxygens (including phenoxy) is 1. The number of hydrogen-bond donors (Lipinski definition) is 2. The largest absolute Gasteiger partial charge is 0.493 e. The molecule has 0 aliphatic carbocycles. The van der Waals surface area contributed by atoms with Gasteiger partial charge in [0.1, 0.15) is 17.4 Å². The molecule has 3 aromatic rings. The first-order valence-electron chi connectivity index (χ1n) is 10.6. The molecule has 1 heterocycles. The number of benzene rings is 2. The number of sulfonamides is 1. The molecule has 0 aliphatic rings. The highest BCUT2D eigenvalue weighted by molar-refractivity contribution is 7.92. The van der Waals surface area contributed by atoms with Crippen molar-refractivity contribution >= 4 is 27.4 Å². The maximum absolute atomic E-state index is 12.6. The van der Waals surface area contributed by atoms with Crippen LogP contribution in [0.4, 0.5) is 11.5 Å². The predicted octanol–water partition coefficient (Wildman–Crippen LogP) is 4.31. The lowest BCUT2D eigenvalue weighted by molar-refractivity contribution is -0.116. The van der Waals surface area contributed by atoms with E-state index in [-0.39, 0.29) is 16.6 Å². The Balaban J connectivity index is 1.51. The summed E-state index contributed by atoms with van der Waals surface area (Å²) in [4.78, 5) is 20.5. The molecule has 2 N–H and O–H groups in total. The van der Waals surface area contributed by atoms with Crippen molar-refractivity contribution < 1.29 is 17.9 Å². The number of nitrogens with zero attached hydrogens (tertiary/aromatic N) is 2. The van der Waals surface area contributed by atoms with Gasteiger partial charge in [0.2, 0.25) is 5.91 Å². The maximum Gasteiger partial charge on any atom is 0.263 e. The highest BCUT2D eigenvalue weighted by Crippen LogP contribution is 2.21. The Kier molecular flexibility index (Phi) is 7.65. The van der Waals surface area contributed by atoms with Gasteiger partial charge in [-0.2, -0.15) is 0 Å². The van der Waals surface area contributed by atoms with Gasteiger partial charge < -0.3 is 10.1 Å². The van der Waals surface area contributed by atoms with Crippen LogP contribution in [-0.4, -0.2) is 30.9 Å². The molecular weight excluding hydrogens is 440 g/mol. The summed E-state index contributed by atoms with van der Waals surface area (Å²) >= 11 is 0. The molecule has 0 bridgehead atoms. The minimum Gasteiger partial charge on any atom is -0.493 e. The Bertz CT molecular complexity index is 1220. The highest BCUT2D eigenvalue weighted by atomic mass is 32.2. The Labute approximate surface area is 194 Å². The number of carbonyl (C=O) groups is 1. The third-order valence-electron chi connectivity index (χ3n) is 5.01. The van der Waals surface area contributed by atoms with Crippen molar-refractivity contribution in [2.24, 2.45) is 0 Å². The van der Waals surface area contributed by atoms with Gasteiger partial charge in [0, 0.05) is 23.9 Å². The lowest BCUT2D eigenvalue weighted by Crippen LogP contribution is -2.15. The fourth-order valence-electron chi connectivity index (χ4n) is 3.20. The second kappa shape index (κ2) is 10.4. The summed E-state index contributed by atoms with van der Waals surface area (Å²) in [5, 5.41) is 2.77. The first-order valence-corrected chi connectivity index (χ1v) is 12.1. The quantitative estimate of drug-likeness (QED) is 0.453. The fourth-order valence-corrected chi connectivity index (χ4v) is 4.19. The van der Waals surface area contributed by atoms with Gasteiger partial charge in [-0.15, -0.1) is 0 Å². The summed E-state index contributed by atoms with van der Waals surface area (Å²) in [6.07, 6.45) is 0.853. The molecule has 0 atom stereocenters. The second-order valence-corrected chi connectivity index (χ2v) is 9.45. The molecule has 3 rings (SSSR count). The average molecular weight is 469 g/mol. The van der Waals surface area contributed by atoms with Gasteiger partial charge in [-0.25, -0.2) is 18.4 Å². The molecule has 0 saturated carbocycles. The molecule has 8 nitrogen and oxygen atoms in total. The van der Waals surface area contributed by atoms with Crippen LogP contribution in [0.1, 0.15) is 35.5 Å². The molecule has 1 aromatic heterocycles. The molecule has 2 aromatic carbocycles. The predicted molar refractivity (Wildman–Crippen MR) is 128 cm³/mol. The third kappa shape index (κ3) is 6.76. The van der Waals surface area contributed by atoms with E-state index in [1.165, 1.54) is 12.1 Å². The summed E-state index contributed by atoms with van der Waals surface area (Å²) in [6, 6.07) is 13.4. The smallest absolute Gasteiger partial charge is 0.263 e. The van der Waals surface area contributed by atoms with E-state index in [1.807, 2.05) is 32.0 Å². The number of nitrogens with one attached hydrogen (secondary N) is 2. The van der Waals surface area contributed by atoms with Crippen LogP contribution in [0.3, 0.4) is 0 Å². The van der Waals surface area contributed by atoms with Gasteiger partial charge in [-0.1, -0.05) is 12.1 Å². The molecule has 0 fully saturated rings. The summed E-state index contributed by atoms with van der Waals surface area (Å²) in [5.74, 6) is 1.35. The number of hydrogen-bond acceptors (Lipinski definition) is 6. The SMILES string of the molecule is Cc1cc(NS(=O)(=O)c2ccc(NC(=O)CCCOc3cccc(C)c3C)cc2)nc(C)n1. The van der Waals surface area contributed by atoms with Gasteiger partial charge in [-0.05, 0) is 75.6 Å². The molecule has 0 saturated heterocycles. The number of aromatic nitrogens is 2. The molecular formula is C24H28N4O4S. The van der Waals surface area contributed by atoms with E-state index in [0.29, 0.717) is 36.7 Å². The molecule has 0 radical (unpaired) electrons. The van der Waals surface area contributed by atoms with E-state index in [1.54, 1.807) is 32.0 Å². The minimum atomic E-state index is -3.81. The van der Waals surface area contributed by atoms with Gasteiger partial charge in [0.25, 0.3) is 10.0 Å². The summed E-state index contributed by atoms with van der Waals surface area (Å²) in [7, 11) is -3.81. The zero-order valence-electron chi connectivity index (χ0n) is 19.2. The number of aryl methyl sites for hydroxylation is 3. The topological polar surface area (TPSA) is 110 Å². The average Bonchev–Trinajstić information content (AvgIpc) is 2.73. The zero-order valence-corrected chi connectivity index (χ0v) is 20.0. The Hall–Kier alpha value is -3.46. The lowest BCUT2D eigenvalue weighted by atomic mass is 10.1. The van der Waals surface area contributed by atoms with Crippen molar-refractivity contribution in [3.63, 3.8) is 0 Å². The van der Waals surface area contributed by atoms with Crippen molar-refractivity contribution in [2.75, 3.05) is 16.6 Å². The lowest BCUT2D eigenvalue weighted by Gasteiger charge is -2.11. The Morgan fingerprint density at radius 1 is 1.00 bits per heavy atom. The van der Waals surface area contributed by atoms with Crippen LogP contribution >= 0.6 is 0 Å². The first-order chi connectivity index (χ1) is 15.6. The van der Waals surface area contributed by atoms with E-state index in [2.05, 4.69) is 20.0 Å². The Morgan fingerprint density at radius 2 is 1.73 bits per heavy atom. The summed E-state index contributed by atoms with van der Waals surface area (Å²) < 4.78 is 33.5. The monoisotopic (exact) mass is 468 g/mol. The summed E-state index contributed by atoms with van der Waals surface area (Å²) in [6.45, 7) is 7.92. The molecule has 33 heavy (non-hydrogen) atoms. The molecule has 1 amide bonds. The maximum atomic E-state index is 12.6. The number of rotatable bonds is 9. The van der Waals surface area contributed by atoms with Gasteiger partial charge in [0.05, 0.1) is 11.5 Å². The van der Waals surface area contributed by atoms with Crippen molar-refractivity contribution in [1.82, 2.24) is 9.97 Å². The van der Waals surface area contributed by atoms with E-state index in [0.717, 1.165) is 16.9 Å². The van der Waals surface area contributed by atoms with E-state index >= 15 is 0 Å². The fraction of sp³-hybridized carbons (Fsp3) is 0.292. The van der Waals surface area contributed by atoms with Crippen LogP contribution < -0.4 is 14.8 Å². The number of carbonyl (C=O) groups excluding carboxylic acids is 1. The van der Waals surface area contributed by atoms with Crippen LogP contribution in [0, 0.1) is 27.7 Å². The standard InChI is InChI=1S/C24H28N4O4S/c1-16-7-5-8-22(18(16)3)32-14-6-9-24(29)27-20-10-12-21(13-11-20)33(30,31)28-23-15-17(2)25-19(4)26-23/h5,7-8,10-13,15H,6,9,14H2,1-4H3,(H,27,29)(H,25,26,28). The highest BCUT2D eigenvalue weighted by Gasteiger charge is 2.16. The van der Waals surface area contributed by atoms with Gasteiger partial charge in [0.15, 0.2) is 0 Å². The van der Waals surface area contributed by atoms with E-state index in [9.17, 15) is 13.2 Å². The van der Waals surface area contributed by atoms with Crippen LogP contribution in [-0.2, 0) is 14.8 Å². The van der Waals surface area contributed by atoms with Gasteiger partial charge in [-0.3, -0.25) is 9.52 Å². The molecule has 174 valence electrons. The number of anilines is 2. The number of amides is 1. The van der Waals surface area contributed by atoms with Gasteiger partial charge >= 0.3 is 0 Å². The molecule has 9 heteroatoms. The van der Waals surface area contributed by atoms with Crippen molar-refractivity contribution in [3.05, 3.63) is 71.2 Å². The van der Waals surface area contributed by atoms with Crippen molar-refractivity contribution in [2.45, 2.75) is 45.4 Å². The molecule has 0 aliphatic heterocycles. The van der Waals surface area contributed by atoms with Crippen LogP contribution in [0.5, 0.6) is 5.75 Å². The first kappa shape index (κ1) is 24.2. The second-order valence-electron chi connectivity index (χ2n) is 7.77. The zero-order chi connectivity index (χ0) is 24.0. The molecule has 0 spiro atoms. The third-order valence-corrected chi connectivity index (χ3v) is 6.38. The van der Waals surface area contributed by atoms with Crippen molar-refractivity contribution in [3.8, 4) is 5.75 Å². The van der Waals surface area contributed by atoms with Crippen LogP contribution in [0.2, 0.25) is 0 Å². The van der Waals surface area contributed by atoms with E-state index < -0.39 is 10.0 Å². The normalized spacial score (nSPS) is 11.2. The van der Waals surface area contributed by atoms with Crippen LogP contribution in [0.25, 0.3) is 0 Å². The minimum absolute atomic E-state index is 0.0661. The Morgan fingerprint density at radius 3 is 2.42 bits per heavy atom. The van der Waals surface area contributed by atoms with Crippen molar-refractivity contribution in [1.29, 1.82) is 0 Å².